The maximum Gasteiger partial charge on any atom is 0.309 e. The van der Waals surface area contributed by atoms with Crippen molar-refractivity contribution in [3.05, 3.63) is 24.5 Å². The Morgan fingerprint density at radius 2 is 2.10 bits per heavy atom. The first-order valence-electron chi connectivity index (χ1n) is 6.56. The average molecular weight is 298 g/mol. The van der Waals surface area contributed by atoms with E-state index in [1.54, 1.807) is 6.07 Å². The molecule has 1 aliphatic heterocycles. The number of hydrogen-bond acceptors (Lipinski definition) is 4. The van der Waals surface area contributed by atoms with E-state index in [0.29, 0.717) is 19.3 Å². The number of rotatable bonds is 4. The molecule has 0 atom stereocenters. The second-order valence-electron chi connectivity index (χ2n) is 5.03. The monoisotopic (exact) mass is 298 g/mol. The van der Waals surface area contributed by atoms with Crippen LogP contribution in [-0.4, -0.2) is 41.9 Å². The zero-order valence-corrected chi connectivity index (χ0v) is 12.1. The minimum atomic E-state index is -3.57. The predicted molar refractivity (Wildman–Crippen MR) is 72.6 cm³/mol. The van der Waals surface area contributed by atoms with Crippen LogP contribution in [0.1, 0.15) is 26.2 Å². The molecule has 20 heavy (non-hydrogen) atoms. The summed E-state index contributed by atoms with van der Waals surface area (Å²) in [5.41, 5.74) is -0.791. The number of hydrogen-bond donors (Lipinski definition) is 1. The minimum Gasteiger partial charge on any atom is -0.481 e. The highest BCUT2D eigenvalue weighted by Gasteiger charge is 2.42. The lowest BCUT2D eigenvalue weighted by molar-refractivity contribution is -0.151. The molecule has 0 spiro atoms. The normalized spacial score (nSPS) is 19.6. The van der Waals surface area contributed by atoms with Crippen LogP contribution in [0.5, 0.6) is 0 Å². The van der Waals surface area contributed by atoms with Crippen molar-refractivity contribution in [3.8, 4) is 0 Å². The van der Waals surface area contributed by atoms with Gasteiger partial charge in [-0.3, -0.25) is 9.78 Å². The number of aliphatic carboxylic acids is 1. The van der Waals surface area contributed by atoms with Gasteiger partial charge >= 0.3 is 5.97 Å². The molecule has 6 nitrogen and oxygen atoms in total. The number of carbonyl (C=O) groups is 1. The van der Waals surface area contributed by atoms with Crippen molar-refractivity contribution in [2.45, 2.75) is 31.1 Å². The van der Waals surface area contributed by atoms with Crippen molar-refractivity contribution in [2.75, 3.05) is 13.1 Å². The number of pyridine rings is 1. The van der Waals surface area contributed by atoms with Crippen molar-refractivity contribution < 1.29 is 18.3 Å². The summed E-state index contributed by atoms with van der Waals surface area (Å²) in [6, 6.07) is 3.08. The quantitative estimate of drug-likeness (QED) is 0.906. The molecule has 0 aromatic carbocycles. The van der Waals surface area contributed by atoms with Crippen LogP contribution >= 0.6 is 0 Å². The van der Waals surface area contributed by atoms with E-state index >= 15 is 0 Å². The molecule has 110 valence electrons. The summed E-state index contributed by atoms with van der Waals surface area (Å²) in [5, 5.41) is 9.32. The Bertz CT molecular complexity index is 578. The van der Waals surface area contributed by atoms with Crippen LogP contribution in [0.4, 0.5) is 0 Å². The first kappa shape index (κ1) is 14.9. The fraction of sp³-hybridized carbons (Fsp3) is 0.538. The molecule has 1 saturated heterocycles. The SMILES string of the molecule is CCC1(C(=O)O)CCN(S(=O)(=O)c2cccnc2)CC1. The third-order valence-electron chi connectivity index (χ3n) is 4.08. The van der Waals surface area contributed by atoms with E-state index in [1.807, 2.05) is 6.92 Å². The van der Waals surface area contributed by atoms with Gasteiger partial charge < -0.3 is 5.11 Å². The van der Waals surface area contributed by atoms with Gasteiger partial charge in [0.2, 0.25) is 10.0 Å². The molecule has 1 N–H and O–H groups in total. The molecular formula is C13H18N2O4S. The molecule has 7 heteroatoms. The van der Waals surface area contributed by atoms with E-state index < -0.39 is 21.4 Å². The summed E-state index contributed by atoms with van der Waals surface area (Å²) in [6.45, 7) is 2.30. The molecule has 0 aliphatic carbocycles. The highest BCUT2D eigenvalue weighted by Crippen LogP contribution is 2.36. The molecule has 0 unspecified atom stereocenters. The van der Waals surface area contributed by atoms with Gasteiger partial charge in [-0.2, -0.15) is 4.31 Å². The van der Waals surface area contributed by atoms with Crippen molar-refractivity contribution in [1.29, 1.82) is 0 Å². The maximum absolute atomic E-state index is 12.4. The van der Waals surface area contributed by atoms with Crippen LogP contribution in [0.2, 0.25) is 0 Å². The average Bonchev–Trinajstić information content (AvgIpc) is 2.48. The van der Waals surface area contributed by atoms with Crippen LogP contribution in [-0.2, 0) is 14.8 Å². The van der Waals surface area contributed by atoms with Crippen LogP contribution in [0.15, 0.2) is 29.4 Å². The van der Waals surface area contributed by atoms with Crippen molar-refractivity contribution in [3.63, 3.8) is 0 Å². The van der Waals surface area contributed by atoms with Gasteiger partial charge in [0.05, 0.1) is 5.41 Å². The van der Waals surface area contributed by atoms with Crippen LogP contribution in [0.3, 0.4) is 0 Å². The van der Waals surface area contributed by atoms with E-state index in [2.05, 4.69) is 4.98 Å². The molecule has 2 rings (SSSR count). The molecule has 2 heterocycles. The van der Waals surface area contributed by atoms with Crippen molar-refractivity contribution in [2.24, 2.45) is 5.41 Å². The third-order valence-corrected chi connectivity index (χ3v) is 5.96. The highest BCUT2D eigenvalue weighted by atomic mass is 32.2. The number of sulfonamides is 1. The van der Waals surface area contributed by atoms with Crippen molar-refractivity contribution >= 4 is 16.0 Å². The lowest BCUT2D eigenvalue weighted by Gasteiger charge is -2.37. The molecule has 1 aromatic heterocycles. The minimum absolute atomic E-state index is 0.152. The van der Waals surface area contributed by atoms with Gasteiger partial charge in [-0.15, -0.1) is 0 Å². The topological polar surface area (TPSA) is 87.6 Å². The van der Waals surface area contributed by atoms with Crippen LogP contribution < -0.4 is 0 Å². The third kappa shape index (κ3) is 2.55. The van der Waals surface area contributed by atoms with E-state index in [9.17, 15) is 18.3 Å². The second kappa shape index (κ2) is 5.49. The Balaban J connectivity index is 2.17. The summed E-state index contributed by atoms with van der Waals surface area (Å²) < 4.78 is 26.1. The maximum atomic E-state index is 12.4. The summed E-state index contributed by atoms with van der Waals surface area (Å²) >= 11 is 0. The fourth-order valence-electron chi connectivity index (χ4n) is 2.52. The molecule has 1 fully saturated rings. The lowest BCUT2D eigenvalue weighted by Crippen LogP contribution is -2.46. The fourth-order valence-corrected chi connectivity index (χ4v) is 3.93. The molecule has 0 saturated carbocycles. The first-order valence-corrected chi connectivity index (χ1v) is 8.00. The standard InChI is InChI=1S/C13H18N2O4S/c1-2-13(12(16)17)5-8-15(9-6-13)20(18,19)11-4-3-7-14-10-11/h3-4,7,10H,2,5-6,8-9H2,1H3,(H,16,17). The molecule has 0 bridgehead atoms. The molecule has 0 amide bonds. The number of piperidine rings is 1. The van der Waals surface area contributed by atoms with E-state index in [1.165, 1.54) is 22.8 Å². The number of carboxylic acid groups (broad SMARTS) is 1. The Morgan fingerprint density at radius 3 is 2.55 bits per heavy atom. The van der Waals surface area contributed by atoms with Crippen LogP contribution in [0.25, 0.3) is 0 Å². The molecule has 1 aliphatic rings. The number of nitrogens with zero attached hydrogens (tertiary/aromatic N) is 2. The second-order valence-corrected chi connectivity index (χ2v) is 6.97. The molecular weight excluding hydrogens is 280 g/mol. The van der Waals surface area contributed by atoms with Gasteiger partial charge in [0.1, 0.15) is 4.90 Å². The van der Waals surface area contributed by atoms with Gasteiger partial charge in [0.15, 0.2) is 0 Å². The van der Waals surface area contributed by atoms with E-state index in [4.69, 9.17) is 0 Å². The Labute approximate surface area is 118 Å². The van der Waals surface area contributed by atoms with E-state index in [-0.39, 0.29) is 18.0 Å². The first-order chi connectivity index (χ1) is 9.42. The summed E-state index contributed by atoms with van der Waals surface area (Å²) in [6.07, 6.45) is 4.04. The Kier molecular flexibility index (Phi) is 4.10. The van der Waals surface area contributed by atoms with Gasteiger partial charge in [0.25, 0.3) is 0 Å². The molecule has 1 aromatic rings. The van der Waals surface area contributed by atoms with Gasteiger partial charge in [-0.25, -0.2) is 8.42 Å². The smallest absolute Gasteiger partial charge is 0.309 e. The van der Waals surface area contributed by atoms with Gasteiger partial charge in [-0.05, 0) is 31.4 Å². The van der Waals surface area contributed by atoms with Crippen molar-refractivity contribution in [1.82, 2.24) is 9.29 Å². The van der Waals surface area contributed by atoms with Crippen LogP contribution in [0, 0.1) is 5.41 Å². The lowest BCUT2D eigenvalue weighted by atomic mass is 9.77. The largest absolute Gasteiger partial charge is 0.481 e. The summed E-state index contributed by atoms with van der Waals surface area (Å²) in [7, 11) is -3.57. The zero-order chi connectivity index (χ0) is 14.8. The highest BCUT2D eigenvalue weighted by molar-refractivity contribution is 7.89. The van der Waals surface area contributed by atoms with E-state index in [0.717, 1.165) is 0 Å². The molecule has 0 radical (unpaired) electrons. The zero-order valence-electron chi connectivity index (χ0n) is 11.3. The van der Waals surface area contributed by atoms with Gasteiger partial charge in [-0.1, -0.05) is 6.92 Å². The Morgan fingerprint density at radius 1 is 1.45 bits per heavy atom. The Hall–Kier alpha value is -1.47. The van der Waals surface area contributed by atoms with Gasteiger partial charge in [0, 0.05) is 25.5 Å². The number of carboxylic acids is 1. The number of aromatic nitrogens is 1. The summed E-state index contributed by atoms with van der Waals surface area (Å²) in [4.78, 5) is 15.3. The predicted octanol–water partition coefficient (Wildman–Crippen LogP) is 1.35. The summed E-state index contributed by atoms with van der Waals surface area (Å²) in [5.74, 6) is -0.835.